The maximum absolute atomic E-state index is 11.2. The van der Waals surface area contributed by atoms with Crippen molar-refractivity contribution in [2.75, 3.05) is 13.2 Å². The Morgan fingerprint density at radius 1 is 1.06 bits per heavy atom. The van der Waals surface area contributed by atoms with Crippen LogP contribution in [0.15, 0.2) is 24.7 Å². The van der Waals surface area contributed by atoms with Gasteiger partial charge < -0.3 is 9.47 Å². The molecule has 0 aromatic rings. The normalized spacial score (nSPS) is 14.2. The van der Waals surface area contributed by atoms with Gasteiger partial charge in [0.2, 0.25) is 0 Å². The third kappa shape index (κ3) is 12.3. The average Bonchev–Trinajstić information content (AvgIpc) is 2.28. The molecule has 0 spiro atoms. The summed E-state index contributed by atoms with van der Waals surface area (Å²) in [7, 11) is 0. The molecule has 4 nitrogen and oxygen atoms in total. The van der Waals surface area contributed by atoms with Crippen LogP contribution in [0.1, 0.15) is 26.7 Å². The molecule has 0 aliphatic rings. The molecule has 0 aromatic heterocycles. The van der Waals surface area contributed by atoms with Crippen molar-refractivity contribution in [3.8, 4) is 0 Å². The molecule has 0 N–H and O–H groups in total. The van der Waals surface area contributed by atoms with Gasteiger partial charge in [-0.25, -0.2) is 0 Å². The van der Waals surface area contributed by atoms with Crippen molar-refractivity contribution in [2.24, 2.45) is 0 Å². The topological polar surface area (TPSA) is 44.8 Å². The molecule has 0 bridgehead atoms. The van der Waals surface area contributed by atoms with E-state index in [0.29, 0.717) is 0 Å². The summed E-state index contributed by atoms with van der Waals surface area (Å²) in [4.78, 5) is 0. The quantitative estimate of drug-likeness (QED) is 0.427. The summed E-state index contributed by atoms with van der Waals surface area (Å²) in [6, 6.07) is 0. The Morgan fingerprint density at radius 3 is 1.83 bits per heavy atom. The molecule has 0 rings (SSSR count). The zero-order valence-corrected chi connectivity index (χ0v) is 13.0. The summed E-state index contributed by atoms with van der Waals surface area (Å²) in [6.45, 7) is 4.30. The lowest BCUT2D eigenvalue weighted by atomic mass is 10.4. The van der Waals surface area contributed by atoms with Crippen LogP contribution in [0, 0.1) is 0 Å². The van der Waals surface area contributed by atoms with E-state index < -0.39 is 12.2 Å². The number of halogens is 2. The maximum Gasteiger partial charge on any atom is 0.380 e. The zero-order chi connectivity index (χ0) is 13.9. The van der Waals surface area contributed by atoms with Crippen LogP contribution in [0.5, 0.6) is 0 Å². The Hall–Kier alpha value is -0.150. The number of ether oxygens (including phenoxy) is 2. The first kappa shape index (κ1) is 17.8. The van der Waals surface area contributed by atoms with Crippen LogP contribution < -0.4 is 0 Å². The van der Waals surface area contributed by atoms with E-state index in [1.54, 1.807) is 12.5 Å². The van der Waals surface area contributed by atoms with Crippen LogP contribution in [-0.2, 0) is 18.6 Å². The van der Waals surface area contributed by atoms with E-state index in [1.807, 2.05) is 26.0 Å². The van der Waals surface area contributed by atoms with Crippen molar-refractivity contribution in [1.29, 1.82) is 0 Å². The lowest BCUT2D eigenvalue weighted by Crippen LogP contribution is -2.21. The predicted molar refractivity (Wildman–Crippen MR) is 75.0 cm³/mol. The Labute approximate surface area is 118 Å². The molecule has 0 heterocycles. The van der Waals surface area contributed by atoms with Crippen molar-refractivity contribution < 1.29 is 18.6 Å². The Bertz CT molecular complexity index is 283. The van der Waals surface area contributed by atoms with Crippen LogP contribution in [0.4, 0.5) is 0 Å². The van der Waals surface area contributed by atoms with E-state index in [-0.39, 0.29) is 13.2 Å². The Balaban J connectivity index is 4.11. The van der Waals surface area contributed by atoms with Crippen LogP contribution in [0.2, 0.25) is 0 Å². The number of hydrogen-bond acceptors (Lipinski definition) is 4. The Kier molecular flexibility index (Phi) is 10.7. The van der Waals surface area contributed by atoms with Gasteiger partial charge in [-0.05, 0) is 35.3 Å². The molecule has 0 atom stereocenters. The third-order valence-corrected chi connectivity index (χ3v) is 2.71. The molecule has 0 aromatic carbocycles. The summed E-state index contributed by atoms with van der Waals surface area (Å²) in [5, 5.41) is 0. The van der Waals surface area contributed by atoms with E-state index in [0.717, 1.165) is 12.8 Å². The van der Waals surface area contributed by atoms with Gasteiger partial charge in [-0.2, -0.15) is 0 Å². The second kappa shape index (κ2) is 10.7. The molecule has 106 valence electrons. The molecule has 0 unspecified atom stereocenters. The highest BCUT2D eigenvalue weighted by Crippen LogP contribution is 2.58. The van der Waals surface area contributed by atoms with Crippen LogP contribution >= 0.6 is 28.6 Å². The molecule has 0 radical (unpaired) electrons. The fourth-order valence-corrected chi connectivity index (χ4v) is 2.08. The molecule has 18 heavy (non-hydrogen) atoms. The van der Waals surface area contributed by atoms with Gasteiger partial charge in [-0.15, -0.1) is 0 Å². The summed E-state index contributed by atoms with van der Waals surface area (Å²) in [6.07, 6.45) is 4.33. The van der Waals surface area contributed by atoms with E-state index in [4.69, 9.17) is 36.5 Å². The highest BCUT2D eigenvalue weighted by atomic mass is 35.9. The lowest BCUT2D eigenvalue weighted by molar-refractivity contribution is 0.0545. The molecular weight excluding hydrogens is 298 g/mol. The van der Waals surface area contributed by atoms with Crippen LogP contribution in [0.3, 0.4) is 0 Å². The molecular formula is C11H19Cl2O4P. The van der Waals surface area contributed by atoms with E-state index in [2.05, 4.69) is 0 Å². The van der Waals surface area contributed by atoms with E-state index in [1.165, 1.54) is 0 Å². The van der Waals surface area contributed by atoms with Gasteiger partial charge in [0, 0.05) is 0 Å². The van der Waals surface area contributed by atoms with Crippen molar-refractivity contribution in [2.45, 2.75) is 32.8 Å². The van der Waals surface area contributed by atoms with Gasteiger partial charge in [0.25, 0.3) is 0 Å². The van der Waals surface area contributed by atoms with Gasteiger partial charge in [0.05, 0.1) is 12.5 Å². The first-order valence-corrected chi connectivity index (χ1v) is 9.14. The monoisotopic (exact) mass is 316 g/mol. The summed E-state index contributed by atoms with van der Waals surface area (Å²) in [5.41, 5.74) is 0. The summed E-state index contributed by atoms with van der Waals surface area (Å²) < 4.78 is 26.5. The first-order valence-electron chi connectivity index (χ1n) is 5.70. The molecule has 0 aliphatic carbocycles. The third-order valence-electron chi connectivity index (χ3n) is 1.69. The minimum atomic E-state index is -3.60. The van der Waals surface area contributed by atoms with Crippen LogP contribution in [-0.4, -0.2) is 19.3 Å². The minimum absolute atomic E-state index is 0.167. The van der Waals surface area contributed by atoms with Crippen molar-refractivity contribution in [3.63, 3.8) is 0 Å². The van der Waals surface area contributed by atoms with Crippen LogP contribution in [0.25, 0.3) is 0 Å². The maximum atomic E-state index is 11.2. The molecule has 0 fully saturated rings. The highest BCUT2D eigenvalue weighted by molar-refractivity contribution is 8.05. The second-order valence-corrected chi connectivity index (χ2v) is 7.60. The predicted octanol–water partition coefficient (Wildman–Crippen LogP) is 4.84. The van der Waals surface area contributed by atoms with Gasteiger partial charge in [-0.3, -0.25) is 9.09 Å². The zero-order valence-electron chi connectivity index (χ0n) is 10.6. The van der Waals surface area contributed by atoms with Crippen molar-refractivity contribution in [1.82, 2.24) is 0 Å². The van der Waals surface area contributed by atoms with Gasteiger partial charge in [0.1, 0.15) is 19.3 Å². The van der Waals surface area contributed by atoms with Gasteiger partial charge in [-0.1, -0.05) is 26.0 Å². The smallest absolute Gasteiger partial charge is 0.380 e. The summed E-state index contributed by atoms with van der Waals surface area (Å²) >= 11 is 10.7. The fraction of sp³-hybridized carbons (Fsp3) is 0.636. The molecule has 0 saturated carbocycles. The van der Waals surface area contributed by atoms with Gasteiger partial charge in [0.15, 0.2) is 0 Å². The Morgan fingerprint density at radius 2 is 1.50 bits per heavy atom. The molecule has 0 amide bonds. The molecule has 0 aliphatic heterocycles. The largest absolute Gasteiger partial charge is 0.499 e. The van der Waals surface area contributed by atoms with E-state index in [9.17, 15) is 4.57 Å². The van der Waals surface area contributed by atoms with Gasteiger partial charge >= 0.3 is 6.07 Å². The number of allylic oxidation sites excluding steroid dienone is 2. The van der Waals surface area contributed by atoms with Crippen molar-refractivity contribution >= 4 is 28.6 Å². The highest BCUT2D eigenvalue weighted by Gasteiger charge is 2.22. The SMILES string of the molecule is CCC=COCC(COC=CCC)OP(=O)(Cl)Cl. The minimum Gasteiger partial charge on any atom is -0.499 e. The lowest BCUT2D eigenvalue weighted by Gasteiger charge is -2.16. The first-order chi connectivity index (χ1) is 8.49. The van der Waals surface area contributed by atoms with E-state index >= 15 is 0 Å². The molecule has 7 heteroatoms. The number of hydrogen-bond donors (Lipinski definition) is 0. The molecule has 0 saturated heterocycles. The van der Waals surface area contributed by atoms with Crippen molar-refractivity contribution in [3.05, 3.63) is 24.7 Å². The standard InChI is InChI=1S/C11H19Cl2O4P/c1-3-5-7-15-9-11(17-18(12,13)14)10-16-8-6-4-2/h5-8,11H,3-4,9-10H2,1-2H3. The fourth-order valence-electron chi connectivity index (χ4n) is 0.937. The second-order valence-electron chi connectivity index (χ2n) is 3.37. The summed E-state index contributed by atoms with van der Waals surface area (Å²) in [5.74, 6) is 0. The number of rotatable bonds is 10. The average molecular weight is 317 g/mol.